The number of aromatic nitrogens is 1. The predicted octanol–water partition coefficient (Wildman–Crippen LogP) is 1.64. The summed E-state index contributed by atoms with van der Waals surface area (Å²) in [5.74, 6) is -0.845. The van der Waals surface area contributed by atoms with Gasteiger partial charge in [-0.1, -0.05) is 0 Å². The minimum atomic E-state index is -3.88. The first-order chi connectivity index (χ1) is 7.78. The lowest BCUT2D eigenvalue weighted by Crippen LogP contribution is -2.36. The number of rotatable bonds is 5. The van der Waals surface area contributed by atoms with Crippen LogP contribution in [0.4, 0.5) is 4.39 Å². The van der Waals surface area contributed by atoms with Gasteiger partial charge in [-0.25, -0.2) is 22.5 Å². The third-order valence-electron chi connectivity index (χ3n) is 2.22. The molecule has 0 aliphatic rings. The van der Waals surface area contributed by atoms with Crippen LogP contribution in [-0.2, 0) is 10.0 Å². The third-order valence-corrected chi connectivity index (χ3v) is 4.80. The minimum Gasteiger partial charge on any atom is -0.241 e. The second kappa shape index (κ2) is 5.32. The molecule has 1 heterocycles. The molecule has 7 heteroatoms. The van der Waals surface area contributed by atoms with Crippen molar-refractivity contribution in [3.63, 3.8) is 0 Å². The molecule has 0 bridgehead atoms. The molecule has 1 N–H and O–H groups in total. The fourth-order valence-electron chi connectivity index (χ4n) is 0.978. The summed E-state index contributed by atoms with van der Waals surface area (Å²) in [4.78, 5) is 3.54. The summed E-state index contributed by atoms with van der Waals surface area (Å²) < 4.78 is 39.0. The van der Waals surface area contributed by atoms with E-state index >= 15 is 0 Å². The van der Waals surface area contributed by atoms with Gasteiger partial charge < -0.3 is 0 Å². The van der Waals surface area contributed by atoms with Crippen LogP contribution >= 0.6 is 11.8 Å². The van der Waals surface area contributed by atoms with Gasteiger partial charge in [0, 0.05) is 17.5 Å². The molecule has 17 heavy (non-hydrogen) atoms. The fourth-order valence-corrected chi connectivity index (χ4v) is 2.50. The molecule has 1 aromatic heterocycles. The fraction of sp³-hybridized carbons (Fsp3) is 0.500. The Labute approximate surface area is 105 Å². The molecule has 0 amide bonds. The van der Waals surface area contributed by atoms with Crippen LogP contribution in [0.3, 0.4) is 0 Å². The van der Waals surface area contributed by atoms with Crippen molar-refractivity contribution in [1.29, 1.82) is 0 Å². The van der Waals surface area contributed by atoms with E-state index in [9.17, 15) is 12.8 Å². The zero-order valence-electron chi connectivity index (χ0n) is 9.90. The molecule has 0 aliphatic carbocycles. The van der Waals surface area contributed by atoms with Crippen LogP contribution in [0, 0.1) is 5.82 Å². The Morgan fingerprint density at radius 1 is 1.53 bits per heavy atom. The first-order valence-corrected chi connectivity index (χ1v) is 7.65. The number of nitrogens with zero attached hydrogens (tertiary/aromatic N) is 1. The van der Waals surface area contributed by atoms with Crippen molar-refractivity contribution in [2.24, 2.45) is 0 Å². The molecule has 0 saturated heterocycles. The van der Waals surface area contributed by atoms with Crippen molar-refractivity contribution in [1.82, 2.24) is 9.71 Å². The van der Waals surface area contributed by atoms with Gasteiger partial charge in [0.05, 0.1) is 0 Å². The molecule has 1 rings (SSSR count). The van der Waals surface area contributed by atoms with E-state index in [2.05, 4.69) is 9.71 Å². The average molecular weight is 278 g/mol. The molecule has 96 valence electrons. The van der Waals surface area contributed by atoms with Crippen LogP contribution in [0.2, 0.25) is 0 Å². The van der Waals surface area contributed by atoms with Crippen molar-refractivity contribution in [3.05, 3.63) is 24.1 Å². The summed E-state index contributed by atoms with van der Waals surface area (Å²) in [6, 6.07) is 2.42. The number of sulfonamides is 1. The van der Waals surface area contributed by atoms with Gasteiger partial charge in [0.1, 0.15) is 0 Å². The lowest BCUT2D eigenvalue weighted by molar-refractivity contribution is 0.539. The van der Waals surface area contributed by atoms with Crippen molar-refractivity contribution >= 4 is 21.8 Å². The Hall–Kier alpha value is -0.660. The predicted molar refractivity (Wildman–Crippen MR) is 67.0 cm³/mol. The van der Waals surface area contributed by atoms with E-state index in [-0.39, 0.29) is 11.3 Å². The van der Waals surface area contributed by atoms with Gasteiger partial charge in [-0.3, -0.25) is 0 Å². The molecule has 0 unspecified atom stereocenters. The number of pyridine rings is 1. The van der Waals surface area contributed by atoms with Crippen LogP contribution in [-0.4, -0.2) is 30.9 Å². The number of hydrogen-bond donors (Lipinski definition) is 1. The zero-order chi connectivity index (χ0) is 13.1. The molecule has 0 spiro atoms. The summed E-state index contributed by atoms with van der Waals surface area (Å²) >= 11 is 1.53. The molecule has 0 fully saturated rings. The highest BCUT2D eigenvalue weighted by Gasteiger charge is 2.24. The minimum absolute atomic E-state index is 0.215. The molecule has 0 radical (unpaired) electrons. The molecular weight excluding hydrogens is 263 g/mol. The van der Waals surface area contributed by atoms with Crippen LogP contribution < -0.4 is 4.72 Å². The Morgan fingerprint density at radius 3 is 2.71 bits per heavy atom. The molecule has 0 aromatic carbocycles. The van der Waals surface area contributed by atoms with Gasteiger partial charge in [0.15, 0.2) is 5.82 Å². The van der Waals surface area contributed by atoms with Gasteiger partial charge in [-0.15, -0.1) is 0 Å². The van der Waals surface area contributed by atoms with E-state index in [4.69, 9.17) is 0 Å². The van der Waals surface area contributed by atoms with Gasteiger partial charge >= 0.3 is 0 Å². The molecular formula is C10H15FN2O2S2. The van der Waals surface area contributed by atoms with E-state index in [0.29, 0.717) is 0 Å². The smallest absolute Gasteiger partial charge is 0.241 e. The molecule has 4 nitrogen and oxygen atoms in total. The Morgan fingerprint density at radius 2 is 2.18 bits per heavy atom. The topological polar surface area (TPSA) is 59.1 Å². The van der Waals surface area contributed by atoms with Gasteiger partial charge in [0.2, 0.25) is 5.03 Å². The Bertz CT molecular complexity index is 489. The standard InChI is InChI=1S/C10H15FN2O2S2/c1-10(2,16-3)7-13-17(14,15)9-8(11)5-4-6-12-9/h4-6,13H,7H2,1-3H3. The average Bonchev–Trinajstić information content (AvgIpc) is 2.27. The third kappa shape index (κ3) is 3.93. The number of thioether (sulfide) groups is 1. The summed E-state index contributed by atoms with van der Waals surface area (Å²) in [6.07, 6.45) is 3.13. The first-order valence-electron chi connectivity index (χ1n) is 4.94. The molecule has 0 saturated carbocycles. The number of halogens is 1. The maximum atomic E-state index is 13.3. The van der Waals surface area contributed by atoms with Crippen molar-refractivity contribution in [2.75, 3.05) is 12.8 Å². The lowest BCUT2D eigenvalue weighted by atomic mass is 10.2. The largest absolute Gasteiger partial charge is 0.261 e. The van der Waals surface area contributed by atoms with Crippen molar-refractivity contribution in [2.45, 2.75) is 23.6 Å². The van der Waals surface area contributed by atoms with Crippen LogP contribution in [0.15, 0.2) is 23.4 Å². The zero-order valence-corrected chi connectivity index (χ0v) is 11.5. The van der Waals surface area contributed by atoms with Crippen LogP contribution in [0.25, 0.3) is 0 Å². The van der Waals surface area contributed by atoms with Crippen molar-refractivity contribution in [3.8, 4) is 0 Å². The van der Waals surface area contributed by atoms with E-state index in [0.717, 1.165) is 6.07 Å². The van der Waals surface area contributed by atoms with Crippen LogP contribution in [0.1, 0.15) is 13.8 Å². The maximum Gasteiger partial charge on any atom is 0.261 e. The summed E-state index contributed by atoms with van der Waals surface area (Å²) in [6.45, 7) is 4.01. The SMILES string of the molecule is CSC(C)(C)CNS(=O)(=O)c1ncccc1F. The van der Waals surface area contributed by atoms with E-state index in [1.54, 1.807) is 0 Å². The molecule has 0 aliphatic heterocycles. The molecule has 0 atom stereocenters. The Kier molecular flexibility index (Phi) is 4.51. The summed E-state index contributed by atoms with van der Waals surface area (Å²) in [7, 11) is -3.88. The normalized spacial score (nSPS) is 12.7. The van der Waals surface area contributed by atoms with Gasteiger partial charge in [0.25, 0.3) is 10.0 Å². The second-order valence-electron chi connectivity index (χ2n) is 4.08. The first kappa shape index (κ1) is 14.4. The molecule has 1 aromatic rings. The Balaban J connectivity index is 2.88. The van der Waals surface area contributed by atoms with E-state index in [1.165, 1.54) is 24.0 Å². The highest BCUT2D eigenvalue weighted by atomic mass is 32.2. The van der Waals surface area contributed by atoms with Gasteiger partial charge in [-0.2, -0.15) is 11.8 Å². The van der Waals surface area contributed by atoms with E-state index < -0.39 is 20.9 Å². The van der Waals surface area contributed by atoms with Gasteiger partial charge in [-0.05, 0) is 32.2 Å². The highest BCUT2D eigenvalue weighted by Crippen LogP contribution is 2.20. The number of hydrogen-bond acceptors (Lipinski definition) is 4. The van der Waals surface area contributed by atoms with Crippen molar-refractivity contribution < 1.29 is 12.8 Å². The second-order valence-corrected chi connectivity index (χ2v) is 7.27. The highest BCUT2D eigenvalue weighted by molar-refractivity contribution is 8.00. The lowest BCUT2D eigenvalue weighted by Gasteiger charge is -2.21. The number of nitrogens with one attached hydrogen (secondary N) is 1. The monoisotopic (exact) mass is 278 g/mol. The van der Waals surface area contributed by atoms with E-state index in [1.807, 2.05) is 20.1 Å². The quantitative estimate of drug-likeness (QED) is 0.889. The maximum absolute atomic E-state index is 13.3. The summed E-state index contributed by atoms with van der Waals surface area (Å²) in [5.41, 5.74) is 0. The summed E-state index contributed by atoms with van der Waals surface area (Å²) in [5, 5.41) is -0.558. The van der Waals surface area contributed by atoms with Crippen LogP contribution in [0.5, 0.6) is 0 Å².